The molecule has 1 aromatic heterocycles. The van der Waals surface area contributed by atoms with Crippen LogP contribution in [0.1, 0.15) is 28.0 Å². The second-order valence-corrected chi connectivity index (χ2v) is 5.00. The number of ether oxygens (including phenoxy) is 1. The third kappa shape index (κ3) is 2.27. The molecule has 3 nitrogen and oxygen atoms in total. The number of hydrogen-bond acceptors (Lipinski definition) is 3. The fourth-order valence-electron chi connectivity index (χ4n) is 2.33. The molecule has 0 fully saturated rings. The zero-order valence-electron chi connectivity index (χ0n) is 10.5. The van der Waals surface area contributed by atoms with Crippen molar-refractivity contribution in [1.29, 1.82) is 0 Å². The van der Waals surface area contributed by atoms with E-state index in [0.29, 0.717) is 12.0 Å². The second kappa shape index (κ2) is 5.21. The van der Waals surface area contributed by atoms with E-state index in [0.717, 1.165) is 30.5 Å². The third-order valence-electron chi connectivity index (χ3n) is 3.33. The predicted octanol–water partition coefficient (Wildman–Crippen LogP) is 3.97. The highest BCUT2D eigenvalue weighted by Gasteiger charge is 2.16. The number of benzene rings is 1. The highest BCUT2D eigenvalue weighted by molar-refractivity contribution is 6.33. The molecule has 3 rings (SSSR count). The predicted molar refractivity (Wildman–Crippen MR) is 73.1 cm³/mol. The lowest BCUT2D eigenvalue weighted by atomic mass is 10.2. The third-order valence-corrected chi connectivity index (χ3v) is 3.72. The molecular formula is C15H11ClFNO2. The molecule has 1 aromatic carbocycles. The van der Waals surface area contributed by atoms with Crippen LogP contribution in [0.4, 0.5) is 4.39 Å². The Labute approximate surface area is 120 Å². The van der Waals surface area contributed by atoms with Crippen LogP contribution in [0.5, 0.6) is 11.5 Å². The summed E-state index contributed by atoms with van der Waals surface area (Å²) in [4.78, 5) is 15.4. The molecule has 20 heavy (non-hydrogen) atoms. The number of carbonyl (C=O) groups is 1. The Morgan fingerprint density at radius 1 is 1.35 bits per heavy atom. The molecule has 0 spiro atoms. The average molecular weight is 292 g/mol. The molecule has 1 heterocycles. The largest absolute Gasteiger partial charge is 0.455 e. The lowest BCUT2D eigenvalue weighted by Gasteiger charge is -2.10. The number of nitrogens with zero attached hydrogens (tertiary/aromatic N) is 1. The topological polar surface area (TPSA) is 39.2 Å². The molecule has 0 unspecified atom stereocenters. The molecule has 1 aliphatic rings. The van der Waals surface area contributed by atoms with Crippen LogP contribution >= 0.6 is 11.6 Å². The molecule has 2 aromatic rings. The van der Waals surface area contributed by atoms with Gasteiger partial charge in [0.05, 0.1) is 16.8 Å². The van der Waals surface area contributed by atoms with E-state index in [9.17, 15) is 9.18 Å². The molecule has 0 radical (unpaired) electrons. The Kier molecular flexibility index (Phi) is 3.40. The number of aldehydes is 1. The number of aromatic nitrogens is 1. The first-order valence-electron chi connectivity index (χ1n) is 6.28. The smallest absolute Gasteiger partial charge is 0.155 e. The fourth-order valence-corrected chi connectivity index (χ4v) is 2.54. The Balaban J connectivity index is 1.95. The van der Waals surface area contributed by atoms with E-state index in [-0.39, 0.29) is 16.3 Å². The molecule has 1 aliphatic carbocycles. The quantitative estimate of drug-likeness (QED) is 0.803. The zero-order chi connectivity index (χ0) is 14.1. The van der Waals surface area contributed by atoms with Crippen LogP contribution in [-0.2, 0) is 12.8 Å². The van der Waals surface area contributed by atoms with Crippen LogP contribution in [0.3, 0.4) is 0 Å². The highest BCUT2D eigenvalue weighted by atomic mass is 35.5. The van der Waals surface area contributed by atoms with E-state index in [4.69, 9.17) is 16.3 Å². The van der Waals surface area contributed by atoms with Crippen molar-refractivity contribution in [2.24, 2.45) is 0 Å². The summed E-state index contributed by atoms with van der Waals surface area (Å²) >= 11 is 5.76. The lowest BCUT2D eigenvalue weighted by Crippen LogP contribution is -1.96. The molecule has 0 saturated heterocycles. The molecule has 0 saturated carbocycles. The van der Waals surface area contributed by atoms with Crippen molar-refractivity contribution < 1.29 is 13.9 Å². The van der Waals surface area contributed by atoms with Gasteiger partial charge in [0.1, 0.15) is 17.3 Å². The van der Waals surface area contributed by atoms with Crippen LogP contribution in [0.25, 0.3) is 0 Å². The summed E-state index contributed by atoms with van der Waals surface area (Å²) < 4.78 is 18.9. The summed E-state index contributed by atoms with van der Waals surface area (Å²) in [5.41, 5.74) is 2.25. The molecule has 0 amide bonds. The number of rotatable bonds is 3. The molecule has 0 N–H and O–H groups in total. The molecule has 0 bridgehead atoms. The minimum absolute atomic E-state index is 0.00663. The van der Waals surface area contributed by atoms with Gasteiger partial charge in [0.2, 0.25) is 0 Å². The van der Waals surface area contributed by atoms with Gasteiger partial charge in [0, 0.05) is 5.69 Å². The number of pyridine rings is 1. The monoisotopic (exact) mass is 291 g/mol. The van der Waals surface area contributed by atoms with Crippen LogP contribution in [-0.4, -0.2) is 11.3 Å². The van der Waals surface area contributed by atoms with E-state index in [1.54, 1.807) is 6.20 Å². The van der Waals surface area contributed by atoms with Gasteiger partial charge in [-0.05, 0) is 43.0 Å². The number of aryl methyl sites for hydroxylation is 2. The molecule has 102 valence electrons. The van der Waals surface area contributed by atoms with Gasteiger partial charge in [-0.25, -0.2) is 4.39 Å². The van der Waals surface area contributed by atoms with E-state index in [1.807, 2.05) is 6.07 Å². The lowest BCUT2D eigenvalue weighted by molar-refractivity contribution is 0.112. The van der Waals surface area contributed by atoms with Crippen molar-refractivity contribution in [2.45, 2.75) is 19.3 Å². The van der Waals surface area contributed by atoms with Crippen molar-refractivity contribution in [3.63, 3.8) is 0 Å². The Morgan fingerprint density at radius 3 is 3.00 bits per heavy atom. The van der Waals surface area contributed by atoms with Crippen LogP contribution < -0.4 is 4.74 Å². The number of hydrogen-bond donors (Lipinski definition) is 0. The summed E-state index contributed by atoms with van der Waals surface area (Å²) in [6.07, 6.45) is 5.15. The van der Waals surface area contributed by atoms with E-state index < -0.39 is 5.82 Å². The molecule has 0 atom stereocenters. The van der Waals surface area contributed by atoms with Gasteiger partial charge in [-0.15, -0.1) is 0 Å². The van der Waals surface area contributed by atoms with Crippen molar-refractivity contribution in [3.8, 4) is 11.5 Å². The maximum atomic E-state index is 13.3. The maximum Gasteiger partial charge on any atom is 0.155 e. The summed E-state index contributed by atoms with van der Waals surface area (Å²) in [6.45, 7) is 0. The first-order valence-corrected chi connectivity index (χ1v) is 6.65. The SMILES string of the molecule is O=Cc1c(Oc2cnc3c(c2)CCC3)ccc(F)c1Cl. The van der Waals surface area contributed by atoms with Gasteiger partial charge in [-0.1, -0.05) is 11.6 Å². The first-order chi connectivity index (χ1) is 9.69. The molecule has 5 heteroatoms. The van der Waals surface area contributed by atoms with E-state index in [2.05, 4.69) is 4.98 Å². The highest BCUT2D eigenvalue weighted by Crippen LogP contribution is 2.32. The Morgan fingerprint density at radius 2 is 2.20 bits per heavy atom. The van der Waals surface area contributed by atoms with Crippen LogP contribution in [0.2, 0.25) is 5.02 Å². The van der Waals surface area contributed by atoms with Gasteiger partial charge < -0.3 is 4.74 Å². The summed E-state index contributed by atoms with van der Waals surface area (Å²) in [5, 5.41) is -0.230. The zero-order valence-corrected chi connectivity index (χ0v) is 11.3. The van der Waals surface area contributed by atoms with Gasteiger partial charge in [-0.3, -0.25) is 9.78 Å². The summed E-state index contributed by atoms with van der Waals surface area (Å²) in [6, 6.07) is 4.46. The number of fused-ring (bicyclic) bond motifs is 1. The number of carbonyl (C=O) groups excluding carboxylic acids is 1. The van der Waals surface area contributed by atoms with Gasteiger partial charge in [0.25, 0.3) is 0 Å². The minimum Gasteiger partial charge on any atom is -0.455 e. The fraction of sp³-hybridized carbons (Fsp3) is 0.200. The molecular weight excluding hydrogens is 281 g/mol. The normalized spacial score (nSPS) is 13.1. The average Bonchev–Trinajstić information content (AvgIpc) is 2.91. The summed E-state index contributed by atoms with van der Waals surface area (Å²) in [5.74, 6) is 0.107. The minimum atomic E-state index is -0.645. The Bertz CT molecular complexity index is 688. The Hall–Kier alpha value is -1.94. The van der Waals surface area contributed by atoms with Crippen molar-refractivity contribution in [3.05, 3.63) is 52.1 Å². The summed E-state index contributed by atoms with van der Waals surface area (Å²) in [7, 11) is 0. The molecule has 0 aliphatic heterocycles. The van der Waals surface area contributed by atoms with Crippen molar-refractivity contribution in [1.82, 2.24) is 4.98 Å². The van der Waals surface area contributed by atoms with Crippen LogP contribution in [0, 0.1) is 5.82 Å². The van der Waals surface area contributed by atoms with Gasteiger partial charge in [-0.2, -0.15) is 0 Å². The maximum absolute atomic E-state index is 13.3. The van der Waals surface area contributed by atoms with E-state index in [1.165, 1.54) is 12.1 Å². The van der Waals surface area contributed by atoms with Gasteiger partial charge >= 0.3 is 0 Å². The standard InChI is InChI=1S/C15H11ClFNO2/c16-15-11(8-19)14(5-4-12(15)17)20-10-6-9-2-1-3-13(9)18-7-10/h4-8H,1-3H2. The number of halogens is 2. The van der Waals surface area contributed by atoms with Crippen molar-refractivity contribution in [2.75, 3.05) is 0 Å². The van der Waals surface area contributed by atoms with Gasteiger partial charge in [0.15, 0.2) is 6.29 Å². The van der Waals surface area contributed by atoms with Crippen LogP contribution in [0.15, 0.2) is 24.4 Å². The first kappa shape index (κ1) is 13.1. The van der Waals surface area contributed by atoms with Crippen molar-refractivity contribution >= 4 is 17.9 Å². The second-order valence-electron chi connectivity index (χ2n) is 4.62. The van der Waals surface area contributed by atoms with E-state index >= 15 is 0 Å².